The lowest BCUT2D eigenvalue weighted by molar-refractivity contribution is 0.0876. The first kappa shape index (κ1) is 14.5. The second-order valence-electron chi connectivity index (χ2n) is 5.26. The van der Waals surface area contributed by atoms with Crippen molar-refractivity contribution in [3.63, 3.8) is 0 Å². The highest BCUT2D eigenvalue weighted by molar-refractivity contribution is 7.13. The third-order valence-corrected chi connectivity index (χ3v) is 4.60. The number of aromatic nitrogens is 1. The van der Waals surface area contributed by atoms with Crippen molar-refractivity contribution in [2.75, 3.05) is 6.54 Å². The van der Waals surface area contributed by atoms with Crippen molar-refractivity contribution in [1.29, 1.82) is 0 Å². The summed E-state index contributed by atoms with van der Waals surface area (Å²) in [5, 5.41) is 13.6. The monoisotopic (exact) mass is 282 g/mol. The largest absolute Gasteiger partial charge is 0.393 e. The predicted octanol–water partition coefficient (Wildman–Crippen LogP) is 2.38. The van der Waals surface area contributed by atoms with E-state index >= 15 is 0 Å². The Morgan fingerprint density at radius 2 is 2.42 bits per heavy atom. The Balaban J connectivity index is 1.79. The van der Waals surface area contributed by atoms with E-state index in [4.69, 9.17) is 0 Å². The van der Waals surface area contributed by atoms with Crippen LogP contribution in [0.3, 0.4) is 0 Å². The van der Waals surface area contributed by atoms with Crippen LogP contribution in [0.25, 0.3) is 0 Å². The Morgan fingerprint density at radius 1 is 1.58 bits per heavy atom. The number of nitrogens with one attached hydrogen (secondary N) is 1. The molecule has 19 heavy (non-hydrogen) atoms. The normalized spacial score (nSPS) is 23.3. The van der Waals surface area contributed by atoms with Crippen molar-refractivity contribution in [1.82, 2.24) is 10.3 Å². The zero-order chi connectivity index (χ0) is 13.7. The molecule has 4 nitrogen and oxygen atoms in total. The predicted molar refractivity (Wildman–Crippen MR) is 76.4 cm³/mol. The van der Waals surface area contributed by atoms with Crippen LogP contribution in [0.5, 0.6) is 0 Å². The maximum Gasteiger partial charge on any atom is 0.263 e. The van der Waals surface area contributed by atoms with Crippen LogP contribution in [0, 0.1) is 5.92 Å². The van der Waals surface area contributed by atoms with Crippen molar-refractivity contribution in [2.24, 2.45) is 5.92 Å². The number of aliphatic hydroxyl groups is 1. The maximum absolute atomic E-state index is 12.0. The van der Waals surface area contributed by atoms with Crippen molar-refractivity contribution in [3.05, 3.63) is 16.1 Å². The number of hydrogen-bond acceptors (Lipinski definition) is 4. The van der Waals surface area contributed by atoms with Gasteiger partial charge in [0.05, 0.1) is 17.3 Å². The first-order chi connectivity index (χ1) is 9.19. The van der Waals surface area contributed by atoms with Gasteiger partial charge in [-0.15, -0.1) is 11.3 Å². The quantitative estimate of drug-likeness (QED) is 0.871. The minimum absolute atomic E-state index is 0.0279. The van der Waals surface area contributed by atoms with Crippen LogP contribution in [0.15, 0.2) is 6.20 Å². The van der Waals surface area contributed by atoms with E-state index in [-0.39, 0.29) is 12.0 Å². The summed E-state index contributed by atoms with van der Waals surface area (Å²) < 4.78 is 0. The number of hydrogen-bond donors (Lipinski definition) is 2. The molecule has 0 bridgehead atoms. The summed E-state index contributed by atoms with van der Waals surface area (Å²) >= 11 is 1.48. The van der Waals surface area contributed by atoms with Crippen LogP contribution in [0.2, 0.25) is 0 Å². The molecule has 2 rings (SSSR count). The van der Waals surface area contributed by atoms with Gasteiger partial charge in [-0.2, -0.15) is 0 Å². The average Bonchev–Trinajstić information content (AvgIpc) is 2.85. The third-order valence-electron chi connectivity index (χ3n) is 3.55. The fourth-order valence-electron chi connectivity index (χ4n) is 2.52. The molecule has 106 valence electrons. The lowest BCUT2D eigenvalue weighted by atomic mass is 9.87. The van der Waals surface area contributed by atoms with Gasteiger partial charge in [0.2, 0.25) is 0 Å². The van der Waals surface area contributed by atoms with Gasteiger partial charge in [-0.3, -0.25) is 4.79 Å². The standard InChI is InChI=1S/C14H22N2O2S/c1-2-4-13-15-9-12(19-13)14(18)16-8-10-5-3-6-11(17)7-10/h9-11,17H,2-8H2,1H3,(H,16,18). The molecule has 2 atom stereocenters. The number of aryl methyl sites for hydroxylation is 1. The van der Waals surface area contributed by atoms with Gasteiger partial charge in [0.15, 0.2) is 0 Å². The molecule has 0 spiro atoms. The van der Waals surface area contributed by atoms with Gasteiger partial charge in [0, 0.05) is 6.54 Å². The number of rotatable bonds is 5. The van der Waals surface area contributed by atoms with E-state index in [9.17, 15) is 9.90 Å². The van der Waals surface area contributed by atoms with Gasteiger partial charge < -0.3 is 10.4 Å². The Bertz CT molecular complexity index is 419. The SMILES string of the molecule is CCCc1ncc(C(=O)NCC2CCCC(O)C2)s1. The van der Waals surface area contributed by atoms with Crippen molar-refractivity contribution in [3.8, 4) is 0 Å². The van der Waals surface area contributed by atoms with Gasteiger partial charge in [0.1, 0.15) is 4.88 Å². The Morgan fingerprint density at radius 3 is 3.16 bits per heavy atom. The summed E-state index contributed by atoms with van der Waals surface area (Å²) in [4.78, 5) is 16.9. The molecular formula is C14H22N2O2S. The molecule has 0 aliphatic heterocycles. The van der Waals surface area contributed by atoms with Gasteiger partial charge >= 0.3 is 0 Å². The molecule has 0 aromatic carbocycles. The summed E-state index contributed by atoms with van der Waals surface area (Å²) in [6, 6.07) is 0. The Hall–Kier alpha value is -0.940. The summed E-state index contributed by atoms with van der Waals surface area (Å²) in [6.07, 6.45) is 7.34. The molecule has 1 saturated carbocycles. The van der Waals surface area contributed by atoms with Crippen molar-refractivity contribution >= 4 is 17.2 Å². The number of aliphatic hydroxyl groups excluding tert-OH is 1. The molecule has 1 aromatic heterocycles. The molecule has 1 heterocycles. The summed E-state index contributed by atoms with van der Waals surface area (Å²) in [5.41, 5.74) is 0. The minimum atomic E-state index is -0.185. The number of nitrogens with zero attached hydrogens (tertiary/aromatic N) is 1. The molecule has 1 fully saturated rings. The number of carbonyl (C=O) groups excluding carboxylic acids is 1. The zero-order valence-corrected chi connectivity index (χ0v) is 12.2. The smallest absolute Gasteiger partial charge is 0.263 e. The van der Waals surface area contributed by atoms with Crippen molar-refractivity contribution < 1.29 is 9.90 Å². The number of thiazole rings is 1. The molecule has 2 N–H and O–H groups in total. The molecule has 1 aliphatic carbocycles. The third kappa shape index (κ3) is 4.28. The minimum Gasteiger partial charge on any atom is -0.393 e. The molecule has 2 unspecified atom stereocenters. The van der Waals surface area contributed by atoms with E-state index in [2.05, 4.69) is 17.2 Å². The maximum atomic E-state index is 12.0. The van der Waals surface area contributed by atoms with Crippen LogP contribution >= 0.6 is 11.3 Å². The lowest BCUT2D eigenvalue weighted by Crippen LogP contribution is -2.32. The van der Waals surface area contributed by atoms with Gasteiger partial charge in [0.25, 0.3) is 5.91 Å². The Kier molecular flexibility index (Phi) is 5.34. The van der Waals surface area contributed by atoms with E-state index in [0.717, 1.165) is 43.5 Å². The molecule has 0 radical (unpaired) electrons. The molecule has 1 amide bonds. The highest BCUT2D eigenvalue weighted by atomic mass is 32.1. The zero-order valence-electron chi connectivity index (χ0n) is 11.4. The van der Waals surface area contributed by atoms with E-state index in [1.54, 1.807) is 6.20 Å². The van der Waals surface area contributed by atoms with E-state index in [1.807, 2.05) is 0 Å². The highest BCUT2D eigenvalue weighted by Gasteiger charge is 2.21. The fraction of sp³-hybridized carbons (Fsp3) is 0.714. The first-order valence-corrected chi connectivity index (χ1v) is 7.91. The van der Waals surface area contributed by atoms with E-state index < -0.39 is 0 Å². The van der Waals surface area contributed by atoms with Gasteiger partial charge in [-0.05, 0) is 38.0 Å². The molecule has 1 aromatic rings. The molecule has 1 aliphatic rings. The average molecular weight is 282 g/mol. The summed E-state index contributed by atoms with van der Waals surface area (Å²) in [7, 11) is 0. The number of carbonyl (C=O) groups is 1. The summed E-state index contributed by atoms with van der Waals surface area (Å²) in [6.45, 7) is 2.77. The molecule has 0 saturated heterocycles. The van der Waals surface area contributed by atoms with Crippen LogP contribution in [0.1, 0.15) is 53.7 Å². The number of amides is 1. The van der Waals surface area contributed by atoms with Gasteiger partial charge in [-0.1, -0.05) is 13.3 Å². The second-order valence-corrected chi connectivity index (χ2v) is 6.38. The topological polar surface area (TPSA) is 62.2 Å². The van der Waals surface area contributed by atoms with Crippen LogP contribution < -0.4 is 5.32 Å². The van der Waals surface area contributed by atoms with E-state index in [1.165, 1.54) is 11.3 Å². The highest BCUT2D eigenvalue weighted by Crippen LogP contribution is 2.23. The van der Waals surface area contributed by atoms with Crippen LogP contribution in [0.4, 0.5) is 0 Å². The molecular weight excluding hydrogens is 260 g/mol. The second kappa shape index (κ2) is 7.01. The fourth-order valence-corrected chi connectivity index (χ4v) is 3.45. The van der Waals surface area contributed by atoms with Crippen molar-refractivity contribution in [2.45, 2.75) is 51.6 Å². The Labute approximate surface area is 118 Å². The lowest BCUT2D eigenvalue weighted by Gasteiger charge is -2.25. The summed E-state index contributed by atoms with van der Waals surface area (Å²) in [5.74, 6) is 0.385. The van der Waals surface area contributed by atoms with E-state index in [0.29, 0.717) is 17.3 Å². The van der Waals surface area contributed by atoms with Crippen LogP contribution in [-0.2, 0) is 6.42 Å². The van der Waals surface area contributed by atoms with Crippen LogP contribution in [-0.4, -0.2) is 28.6 Å². The molecule has 5 heteroatoms. The first-order valence-electron chi connectivity index (χ1n) is 7.10. The van der Waals surface area contributed by atoms with Gasteiger partial charge in [-0.25, -0.2) is 4.98 Å².